The fourth-order valence-electron chi connectivity index (χ4n) is 3.66. The van der Waals surface area contributed by atoms with Gasteiger partial charge in [0.15, 0.2) is 18.2 Å². The third kappa shape index (κ3) is 2.30. The molecule has 2 aliphatic heterocycles. The molecule has 3 aliphatic rings. The van der Waals surface area contributed by atoms with Crippen molar-refractivity contribution >= 4 is 5.78 Å². The molecular formula is C17H18F2O5. The van der Waals surface area contributed by atoms with Crippen molar-refractivity contribution in [3.63, 3.8) is 0 Å². The van der Waals surface area contributed by atoms with Crippen LogP contribution in [-0.2, 0) is 30.3 Å². The van der Waals surface area contributed by atoms with Gasteiger partial charge >= 0.3 is 5.92 Å². The molecule has 5 nitrogen and oxygen atoms in total. The second-order valence-electron chi connectivity index (χ2n) is 6.92. The first-order valence-corrected chi connectivity index (χ1v) is 7.85. The first-order chi connectivity index (χ1) is 11.2. The Balaban J connectivity index is 1.65. The lowest BCUT2D eigenvalue weighted by atomic mass is 9.94. The van der Waals surface area contributed by atoms with Crippen LogP contribution >= 0.6 is 0 Å². The Hall–Kier alpha value is -1.41. The summed E-state index contributed by atoms with van der Waals surface area (Å²) in [5.41, 5.74) is -0.732. The van der Waals surface area contributed by atoms with E-state index in [0.29, 0.717) is 0 Å². The number of carbonyl (C=O) groups excluding carboxylic acids is 1. The molecule has 1 aromatic rings. The van der Waals surface area contributed by atoms with Crippen molar-refractivity contribution in [1.82, 2.24) is 0 Å². The van der Waals surface area contributed by atoms with Crippen LogP contribution in [0.2, 0.25) is 0 Å². The van der Waals surface area contributed by atoms with E-state index in [9.17, 15) is 13.6 Å². The van der Waals surface area contributed by atoms with Crippen molar-refractivity contribution in [3.05, 3.63) is 35.9 Å². The molecule has 0 N–H and O–H groups in total. The van der Waals surface area contributed by atoms with E-state index in [1.807, 2.05) is 30.3 Å². The minimum atomic E-state index is -3.50. The summed E-state index contributed by atoms with van der Waals surface area (Å²) in [6.45, 7) is 3.42. The van der Waals surface area contributed by atoms with E-state index in [-0.39, 0.29) is 6.61 Å². The number of carbonyl (C=O) groups is 1. The van der Waals surface area contributed by atoms with Crippen molar-refractivity contribution < 1.29 is 32.5 Å². The van der Waals surface area contributed by atoms with Gasteiger partial charge in [0.05, 0.1) is 13.0 Å². The maximum Gasteiger partial charge on any atom is 0.311 e. The molecule has 4 atom stereocenters. The molecule has 0 aromatic heterocycles. The van der Waals surface area contributed by atoms with Crippen LogP contribution < -0.4 is 0 Å². The average Bonchev–Trinajstić information content (AvgIpc) is 3.03. The molecule has 0 spiro atoms. The van der Waals surface area contributed by atoms with E-state index < -0.39 is 48.0 Å². The normalized spacial score (nSPS) is 39.0. The summed E-state index contributed by atoms with van der Waals surface area (Å²) in [6, 6.07) is 9.15. The van der Waals surface area contributed by atoms with Crippen LogP contribution in [0.1, 0.15) is 25.8 Å². The zero-order chi connectivity index (χ0) is 17.2. The van der Waals surface area contributed by atoms with Gasteiger partial charge in [-0.25, -0.2) is 0 Å². The van der Waals surface area contributed by atoms with Gasteiger partial charge in [-0.15, -0.1) is 0 Å². The number of benzene rings is 1. The van der Waals surface area contributed by atoms with Gasteiger partial charge in [0.2, 0.25) is 5.78 Å². The zero-order valence-corrected chi connectivity index (χ0v) is 13.3. The average molecular weight is 340 g/mol. The fraction of sp³-hybridized carbons (Fsp3) is 0.588. The van der Waals surface area contributed by atoms with Gasteiger partial charge in [-0.2, -0.15) is 8.78 Å². The number of rotatable bonds is 3. The van der Waals surface area contributed by atoms with Gasteiger partial charge < -0.3 is 18.9 Å². The maximum absolute atomic E-state index is 14.1. The molecule has 4 rings (SSSR count). The number of hydrogen-bond donors (Lipinski definition) is 0. The fourth-order valence-corrected chi connectivity index (χ4v) is 3.66. The SMILES string of the molecule is CC1(C)O[C@H]2O[C@@H]3C(=O)C(F)(F)C[C@]3(OCc3ccccc3)[C@H]2O1. The molecule has 7 heteroatoms. The number of ketones is 1. The summed E-state index contributed by atoms with van der Waals surface area (Å²) < 4.78 is 50.9. The summed E-state index contributed by atoms with van der Waals surface area (Å²) in [5.74, 6) is -5.75. The highest BCUT2D eigenvalue weighted by Gasteiger charge is 2.76. The standard InChI is InChI=1S/C17H18F2O5/c1-15(2)23-13-14(24-15)22-12-11(20)17(18,19)9-16(12,13)21-8-10-6-4-3-5-7-10/h3-7,12-14H,8-9H2,1-2H3/t12-,13+,14-,16-/m1/s1. The number of hydrogen-bond acceptors (Lipinski definition) is 5. The van der Waals surface area contributed by atoms with Gasteiger partial charge in [-0.3, -0.25) is 4.79 Å². The Bertz CT molecular complexity index is 662. The Kier molecular flexibility index (Phi) is 3.38. The summed E-state index contributed by atoms with van der Waals surface area (Å²) in [4.78, 5) is 12.1. The molecule has 3 fully saturated rings. The monoisotopic (exact) mass is 340 g/mol. The van der Waals surface area contributed by atoms with E-state index in [1.165, 1.54) is 0 Å². The van der Waals surface area contributed by atoms with Crippen molar-refractivity contribution in [2.45, 2.75) is 62.7 Å². The number of ether oxygens (including phenoxy) is 4. The van der Waals surface area contributed by atoms with Crippen molar-refractivity contribution in [2.75, 3.05) is 0 Å². The largest absolute Gasteiger partial charge is 0.364 e. The van der Waals surface area contributed by atoms with Crippen LogP contribution in [0.5, 0.6) is 0 Å². The minimum absolute atomic E-state index is 0.0804. The predicted octanol–water partition coefficient (Wildman–Crippen LogP) is 2.43. The summed E-state index contributed by atoms with van der Waals surface area (Å²) in [5, 5.41) is 0. The lowest BCUT2D eigenvalue weighted by Crippen LogP contribution is -2.49. The molecule has 0 bridgehead atoms. The van der Waals surface area contributed by atoms with Gasteiger partial charge in [-0.05, 0) is 19.4 Å². The Labute approximate surface area is 137 Å². The van der Waals surface area contributed by atoms with E-state index in [2.05, 4.69) is 0 Å². The number of Topliss-reactive ketones (excluding diaryl/α,β-unsaturated/α-hetero) is 1. The van der Waals surface area contributed by atoms with Crippen molar-refractivity contribution in [3.8, 4) is 0 Å². The second kappa shape index (κ2) is 5.05. The first kappa shape index (κ1) is 16.1. The molecule has 24 heavy (non-hydrogen) atoms. The van der Waals surface area contributed by atoms with Crippen LogP contribution in [0.4, 0.5) is 8.78 Å². The molecule has 0 unspecified atom stereocenters. The highest BCUT2D eigenvalue weighted by molar-refractivity contribution is 5.94. The van der Waals surface area contributed by atoms with Crippen molar-refractivity contribution in [2.24, 2.45) is 0 Å². The Morgan fingerprint density at radius 2 is 1.92 bits per heavy atom. The van der Waals surface area contributed by atoms with E-state index in [0.717, 1.165) is 5.56 Å². The van der Waals surface area contributed by atoms with Gasteiger partial charge in [-0.1, -0.05) is 30.3 Å². The summed E-state index contributed by atoms with van der Waals surface area (Å²) in [6.07, 6.45) is -3.92. The molecule has 130 valence electrons. The molecule has 1 saturated carbocycles. The topological polar surface area (TPSA) is 54.0 Å². The van der Waals surface area contributed by atoms with Crippen LogP contribution in [0, 0.1) is 0 Å². The first-order valence-electron chi connectivity index (χ1n) is 7.85. The highest BCUT2D eigenvalue weighted by atomic mass is 19.3. The predicted molar refractivity (Wildman–Crippen MR) is 77.2 cm³/mol. The third-order valence-electron chi connectivity index (χ3n) is 4.70. The molecule has 0 radical (unpaired) electrons. The maximum atomic E-state index is 14.1. The minimum Gasteiger partial charge on any atom is -0.364 e. The number of fused-ring (bicyclic) bond motifs is 3. The van der Waals surface area contributed by atoms with Crippen LogP contribution in [0.25, 0.3) is 0 Å². The zero-order valence-electron chi connectivity index (χ0n) is 13.3. The smallest absolute Gasteiger partial charge is 0.311 e. The van der Waals surface area contributed by atoms with E-state index >= 15 is 0 Å². The Morgan fingerprint density at radius 1 is 1.21 bits per heavy atom. The highest BCUT2D eigenvalue weighted by Crippen LogP contribution is 2.55. The van der Waals surface area contributed by atoms with Crippen LogP contribution in [0.15, 0.2) is 30.3 Å². The van der Waals surface area contributed by atoms with Gasteiger partial charge in [0.1, 0.15) is 11.7 Å². The third-order valence-corrected chi connectivity index (χ3v) is 4.70. The number of alkyl halides is 2. The Morgan fingerprint density at radius 3 is 2.62 bits per heavy atom. The molecule has 1 aromatic carbocycles. The van der Waals surface area contributed by atoms with Gasteiger partial charge in [0.25, 0.3) is 0 Å². The van der Waals surface area contributed by atoms with Crippen LogP contribution in [-0.4, -0.2) is 41.6 Å². The van der Waals surface area contributed by atoms with E-state index in [4.69, 9.17) is 18.9 Å². The van der Waals surface area contributed by atoms with Crippen LogP contribution in [0.3, 0.4) is 0 Å². The molecular weight excluding hydrogens is 322 g/mol. The lowest BCUT2D eigenvalue weighted by Gasteiger charge is -2.32. The number of halogens is 2. The lowest BCUT2D eigenvalue weighted by molar-refractivity contribution is -0.231. The summed E-state index contributed by atoms with van der Waals surface area (Å²) in [7, 11) is 0. The van der Waals surface area contributed by atoms with Crippen molar-refractivity contribution in [1.29, 1.82) is 0 Å². The summed E-state index contributed by atoms with van der Waals surface area (Å²) >= 11 is 0. The quantitative estimate of drug-likeness (QED) is 0.846. The molecule has 2 heterocycles. The van der Waals surface area contributed by atoms with Gasteiger partial charge in [0, 0.05) is 0 Å². The van der Waals surface area contributed by atoms with E-state index in [1.54, 1.807) is 13.8 Å². The molecule has 0 amide bonds. The second-order valence-corrected chi connectivity index (χ2v) is 6.92. The molecule has 2 saturated heterocycles. The molecule has 1 aliphatic carbocycles.